The SMILES string of the molecule is Cc1cc(C)cc(CN2CCN(C(C)C(N)=NO)CC2)c1. The van der Waals surface area contributed by atoms with E-state index in [1.165, 1.54) is 16.7 Å². The summed E-state index contributed by atoms with van der Waals surface area (Å²) in [6.45, 7) is 11.2. The third-order valence-corrected chi connectivity index (χ3v) is 4.19. The summed E-state index contributed by atoms with van der Waals surface area (Å²) in [6, 6.07) is 6.73. The Hall–Kier alpha value is -1.59. The van der Waals surface area contributed by atoms with E-state index in [0.717, 1.165) is 32.7 Å². The maximum Gasteiger partial charge on any atom is 0.156 e. The van der Waals surface area contributed by atoms with E-state index in [2.05, 4.69) is 47.0 Å². The zero-order chi connectivity index (χ0) is 15.4. The van der Waals surface area contributed by atoms with Crippen LogP contribution >= 0.6 is 0 Å². The van der Waals surface area contributed by atoms with Crippen molar-refractivity contribution in [3.8, 4) is 0 Å². The first-order valence-corrected chi connectivity index (χ1v) is 7.50. The molecule has 1 unspecified atom stereocenters. The van der Waals surface area contributed by atoms with Gasteiger partial charge in [-0.15, -0.1) is 0 Å². The number of oxime groups is 1. The van der Waals surface area contributed by atoms with Crippen LogP contribution in [0.4, 0.5) is 0 Å². The molecule has 21 heavy (non-hydrogen) atoms. The van der Waals surface area contributed by atoms with Gasteiger partial charge in [0.25, 0.3) is 0 Å². The van der Waals surface area contributed by atoms with Gasteiger partial charge >= 0.3 is 0 Å². The quantitative estimate of drug-likeness (QED) is 0.382. The molecule has 0 spiro atoms. The van der Waals surface area contributed by atoms with Crippen molar-refractivity contribution in [1.29, 1.82) is 0 Å². The highest BCUT2D eigenvalue weighted by Crippen LogP contribution is 2.14. The van der Waals surface area contributed by atoms with E-state index >= 15 is 0 Å². The number of hydrogen-bond acceptors (Lipinski definition) is 4. The molecular formula is C16H26N4O. The average Bonchev–Trinajstić information content (AvgIpc) is 2.45. The van der Waals surface area contributed by atoms with E-state index in [-0.39, 0.29) is 11.9 Å². The molecule has 1 aliphatic rings. The first-order valence-electron chi connectivity index (χ1n) is 7.50. The standard InChI is InChI=1S/C16H26N4O/c1-12-8-13(2)10-15(9-12)11-19-4-6-20(7-5-19)14(3)16(17)18-21/h8-10,14,21H,4-7,11H2,1-3H3,(H2,17,18). The summed E-state index contributed by atoms with van der Waals surface area (Å²) in [6.07, 6.45) is 0. The van der Waals surface area contributed by atoms with Crippen LogP contribution in [-0.2, 0) is 6.54 Å². The number of piperazine rings is 1. The topological polar surface area (TPSA) is 65.1 Å². The Bertz CT molecular complexity index is 487. The zero-order valence-corrected chi connectivity index (χ0v) is 13.2. The summed E-state index contributed by atoms with van der Waals surface area (Å²) in [4.78, 5) is 4.72. The molecule has 116 valence electrons. The second-order valence-corrected chi connectivity index (χ2v) is 6.01. The molecule has 0 amide bonds. The largest absolute Gasteiger partial charge is 0.409 e. The molecule has 1 fully saturated rings. The molecule has 1 saturated heterocycles. The minimum Gasteiger partial charge on any atom is -0.409 e. The maximum atomic E-state index is 8.76. The van der Waals surface area contributed by atoms with Gasteiger partial charge in [-0.1, -0.05) is 34.5 Å². The van der Waals surface area contributed by atoms with Crippen molar-refractivity contribution in [3.05, 3.63) is 34.9 Å². The highest BCUT2D eigenvalue weighted by Gasteiger charge is 2.23. The highest BCUT2D eigenvalue weighted by molar-refractivity contribution is 5.84. The molecule has 1 aliphatic heterocycles. The third kappa shape index (κ3) is 4.19. The van der Waals surface area contributed by atoms with Crippen LogP contribution in [0.15, 0.2) is 23.4 Å². The van der Waals surface area contributed by atoms with Gasteiger partial charge in [-0.3, -0.25) is 9.80 Å². The molecule has 1 aromatic carbocycles. The minimum absolute atomic E-state index is 0.00151. The van der Waals surface area contributed by atoms with Gasteiger partial charge in [0.15, 0.2) is 5.84 Å². The first-order chi connectivity index (χ1) is 9.99. The van der Waals surface area contributed by atoms with Crippen LogP contribution in [0.3, 0.4) is 0 Å². The lowest BCUT2D eigenvalue weighted by molar-refractivity contribution is 0.116. The second-order valence-electron chi connectivity index (χ2n) is 6.01. The van der Waals surface area contributed by atoms with E-state index in [9.17, 15) is 0 Å². The number of hydrogen-bond donors (Lipinski definition) is 2. The monoisotopic (exact) mass is 290 g/mol. The smallest absolute Gasteiger partial charge is 0.156 e. The van der Waals surface area contributed by atoms with E-state index in [0.29, 0.717) is 0 Å². The van der Waals surface area contributed by atoms with Crippen LogP contribution in [0.25, 0.3) is 0 Å². The van der Waals surface area contributed by atoms with Crippen LogP contribution in [0.5, 0.6) is 0 Å². The summed E-state index contributed by atoms with van der Waals surface area (Å²) in [5, 5.41) is 11.9. The maximum absolute atomic E-state index is 8.76. The lowest BCUT2D eigenvalue weighted by atomic mass is 10.1. The number of amidine groups is 1. The highest BCUT2D eigenvalue weighted by atomic mass is 16.4. The van der Waals surface area contributed by atoms with E-state index in [1.807, 2.05) is 6.92 Å². The summed E-state index contributed by atoms with van der Waals surface area (Å²) < 4.78 is 0. The minimum atomic E-state index is -0.00151. The van der Waals surface area contributed by atoms with E-state index in [4.69, 9.17) is 10.9 Å². The van der Waals surface area contributed by atoms with Crippen LogP contribution < -0.4 is 5.73 Å². The van der Waals surface area contributed by atoms with Gasteiger partial charge < -0.3 is 10.9 Å². The van der Waals surface area contributed by atoms with Crippen LogP contribution in [-0.4, -0.2) is 53.1 Å². The molecule has 1 atom stereocenters. The first kappa shape index (κ1) is 15.8. The summed E-state index contributed by atoms with van der Waals surface area (Å²) in [5.74, 6) is 0.290. The Morgan fingerprint density at radius 3 is 2.29 bits per heavy atom. The number of nitrogens with two attached hydrogens (primary N) is 1. The lowest BCUT2D eigenvalue weighted by Crippen LogP contribution is -2.52. The molecule has 0 aliphatic carbocycles. The Morgan fingerprint density at radius 1 is 1.19 bits per heavy atom. The Balaban J connectivity index is 1.89. The van der Waals surface area contributed by atoms with Crippen molar-refractivity contribution < 1.29 is 5.21 Å². The molecule has 0 radical (unpaired) electrons. The molecule has 1 heterocycles. The molecule has 0 aromatic heterocycles. The van der Waals surface area contributed by atoms with Crippen LogP contribution in [0.1, 0.15) is 23.6 Å². The molecule has 0 saturated carbocycles. The molecule has 0 bridgehead atoms. The van der Waals surface area contributed by atoms with E-state index in [1.54, 1.807) is 0 Å². The molecule has 5 nitrogen and oxygen atoms in total. The van der Waals surface area contributed by atoms with Crippen LogP contribution in [0, 0.1) is 13.8 Å². The summed E-state index contributed by atoms with van der Waals surface area (Å²) >= 11 is 0. The lowest BCUT2D eigenvalue weighted by Gasteiger charge is -2.37. The van der Waals surface area contributed by atoms with Crippen molar-refractivity contribution in [2.24, 2.45) is 10.9 Å². The van der Waals surface area contributed by atoms with Crippen molar-refractivity contribution in [2.75, 3.05) is 26.2 Å². The van der Waals surface area contributed by atoms with Gasteiger partial charge in [-0.2, -0.15) is 0 Å². The average molecular weight is 290 g/mol. The van der Waals surface area contributed by atoms with Crippen molar-refractivity contribution in [3.63, 3.8) is 0 Å². The van der Waals surface area contributed by atoms with E-state index < -0.39 is 0 Å². The van der Waals surface area contributed by atoms with Gasteiger partial charge in [-0.05, 0) is 26.3 Å². The number of rotatable bonds is 4. The van der Waals surface area contributed by atoms with Crippen molar-refractivity contribution in [2.45, 2.75) is 33.4 Å². The summed E-state index contributed by atoms with van der Waals surface area (Å²) in [7, 11) is 0. The van der Waals surface area contributed by atoms with Gasteiger partial charge in [0.2, 0.25) is 0 Å². The normalized spacial score (nSPS) is 19.7. The second kappa shape index (κ2) is 6.91. The predicted octanol–water partition coefficient (Wildman–Crippen LogP) is 1.56. The molecule has 3 N–H and O–H groups in total. The zero-order valence-electron chi connectivity index (χ0n) is 13.2. The number of benzene rings is 1. The Morgan fingerprint density at radius 2 is 1.76 bits per heavy atom. The summed E-state index contributed by atoms with van der Waals surface area (Å²) in [5.41, 5.74) is 9.71. The number of nitrogens with zero attached hydrogens (tertiary/aromatic N) is 3. The van der Waals surface area contributed by atoms with Gasteiger partial charge in [0.1, 0.15) is 0 Å². The Labute approximate surface area is 127 Å². The fraction of sp³-hybridized carbons (Fsp3) is 0.562. The van der Waals surface area contributed by atoms with Gasteiger partial charge in [0.05, 0.1) is 6.04 Å². The molecule has 1 aromatic rings. The molecule has 2 rings (SSSR count). The Kier molecular flexibility index (Phi) is 5.20. The fourth-order valence-electron chi connectivity index (χ4n) is 3.00. The van der Waals surface area contributed by atoms with Crippen LogP contribution in [0.2, 0.25) is 0 Å². The molecular weight excluding hydrogens is 264 g/mol. The van der Waals surface area contributed by atoms with Gasteiger partial charge in [0, 0.05) is 32.7 Å². The van der Waals surface area contributed by atoms with Crippen molar-refractivity contribution in [1.82, 2.24) is 9.80 Å². The fourth-order valence-corrected chi connectivity index (χ4v) is 3.00. The molecule has 5 heteroatoms. The predicted molar refractivity (Wildman–Crippen MR) is 85.6 cm³/mol. The van der Waals surface area contributed by atoms with Gasteiger partial charge in [-0.25, -0.2) is 0 Å². The van der Waals surface area contributed by atoms with Crippen molar-refractivity contribution >= 4 is 5.84 Å². The number of aryl methyl sites for hydroxylation is 2. The third-order valence-electron chi connectivity index (χ3n) is 4.19.